The first-order valence-corrected chi connectivity index (χ1v) is 4.74. The molecule has 0 aromatic carbocycles. The molecular weight excluding hydrogens is 241 g/mol. The lowest BCUT2D eigenvalue weighted by molar-refractivity contribution is -0.141. The summed E-state index contributed by atoms with van der Waals surface area (Å²) in [6, 6.07) is 2.41. The summed E-state index contributed by atoms with van der Waals surface area (Å²) in [6.45, 7) is 0. The van der Waals surface area contributed by atoms with Gasteiger partial charge in [0.05, 0.1) is 0 Å². The van der Waals surface area contributed by atoms with E-state index in [4.69, 9.17) is 5.73 Å². The number of nitrogens with zero attached hydrogens (tertiary/aromatic N) is 1. The molecule has 1 aromatic heterocycles. The number of rotatable bonds is 1. The van der Waals surface area contributed by atoms with Crippen LogP contribution in [0.25, 0.3) is 0 Å². The van der Waals surface area contributed by atoms with Gasteiger partial charge in [-0.3, -0.25) is 4.98 Å². The van der Waals surface area contributed by atoms with Crippen LogP contribution in [-0.2, 0) is 11.7 Å². The summed E-state index contributed by atoms with van der Waals surface area (Å²) >= 11 is 0. The number of alkyl halides is 3. The molecule has 0 amide bonds. The molecule has 2 nitrogen and oxygen atoms in total. The SMILES string of the molecule is Cl.NC1(c2ccc(C(F)(F)F)nc2)CCC1. The minimum Gasteiger partial charge on any atom is -0.321 e. The van der Waals surface area contributed by atoms with Gasteiger partial charge in [0.1, 0.15) is 5.69 Å². The Morgan fingerprint density at radius 1 is 1.25 bits per heavy atom. The van der Waals surface area contributed by atoms with Crippen molar-refractivity contribution in [2.24, 2.45) is 5.73 Å². The van der Waals surface area contributed by atoms with Gasteiger partial charge in [-0.25, -0.2) is 0 Å². The third kappa shape index (κ3) is 2.30. The van der Waals surface area contributed by atoms with Crippen LogP contribution in [0.15, 0.2) is 18.3 Å². The van der Waals surface area contributed by atoms with E-state index in [9.17, 15) is 13.2 Å². The van der Waals surface area contributed by atoms with Crippen LogP contribution in [0.5, 0.6) is 0 Å². The Morgan fingerprint density at radius 2 is 1.88 bits per heavy atom. The van der Waals surface area contributed by atoms with Crippen molar-refractivity contribution in [3.05, 3.63) is 29.6 Å². The van der Waals surface area contributed by atoms with Crippen molar-refractivity contribution in [2.45, 2.75) is 31.0 Å². The van der Waals surface area contributed by atoms with Crippen molar-refractivity contribution in [2.75, 3.05) is 0 Å². The largest absolute Gasteiger partial charge is 0.433 e. The molecule has 1 fully saturated rings. The van der Waals surface area contributed by atoms with Gasteiger partial charge in [-0.15, -0.1) is 12.4 Å². The highest BCUT2D eigenvalue weighted by Crippen LogP contribution is 2.38. The summed E-state index contributed by atoms with van der Waals surface area (Å²) in [7, 11) is 0. The maximum Gasteiger partial charge on any atom is 0.433 e. The summed E-state index contributed by atoms with van der Waals surface area (Å²) in [5, 5.41) is 0. The van der Waals surface area contributed by atoms with E-state index in [2.05, 4.69) is 4.98 Å². The van der Waals surface area contributed by atoms with E-state index in [1.165, 1.54) is 12.3 Å². The van der Waals surface area contributed by atoms with Crippen LogP contribution in [0.3, 0.4) is 0 Å². The normalized spacial score (nSPS) is 18.5. The molecule has 0 radical (unpaired) electrons. The van der Waals surface area contributed by atoms with E-state index in [1.54, 1.807) is 0 Å². The number of hydrogen-bond acceptors (Lipinski definition) is 2. The predicted octanol–water partition coefficient (Wildman–Crippen LogP) is 2.86. The number of halogens is 4. The Balaban J connectivity index is 0.00000128. The van der Waals surface area contributed by atoms with Crippen molar-refractivity contribution in [3.63, 3.8) is 0 Å². The molecule has 6 heteroatoms. The van der Waals surface area contributed by atoms with Gasteiger partial charge < -0.3 is 5.73 Å². The first-order chi connectivity index (χ1) is 6.92. The third-order valence-corrected chi connectivity index (χ3v) is 2.87. The lowest BCUT2D eigenvalue weighted by Crippen LogP contribution is -2.43. The van der Waals surface area contributed by atoms with Crippen molar-refractivity contribution >= 4 is 12.4 Å². The second-order valence-corrected chi connectivity index (χ2v) is 3.94. The van der Waals surface area contributed by atoms with Gasteiger partial charge >= 0.3 is 6.18 Å². The fourth-order valence-corrected chi connectivity index (χ4v) is 1.70. The van der Waals surface area contributed by atoms with Crippen LogP contribution in [0.2, 0.25) is 0 Å². The molecule has 1 aromatic rings. The number of aromatic nitrogens is 1. The molecule has 90 valence electrons. The lowest BCUT2D eigenvalue weighted by Gasteiger charge is -2.38. The molecule has 0 atom stereocenters. The first-order valence-electron chi connectivity index (χ1n) is 4.74. The molecule has 1 saturated carbocycles. The average molecular weight is 253 g/mol. The molecule has 0 unspecified atom stereocenters. The van der Waals surface area contributed by atoms with Gasteiger partial charge in [0, 0.05) is 11.7 Å². The monoisotopic (exact) mass is 252 g/mol. The molecular formula is C10H12ClF3N2. The molecule has 1 aliphatic rings. The summed E-state index contributed by atoms with van der Waals surface area (Å²) in [6.07, 6.45) is -0.473. The molecule has 2 N–H and O–H groups in total. The fraction of sp³-hybridized carbons (Fsp3) is 0.500. The van der Waals surface area contributed by atoms with Crippen molar-refractivity contribution < 1.29 is 13.2 Å². The van der Waals surface area contributed by atoms with Gasteiger partial charge in [0.15, 0.2) is 0 Å². The maximum atomic E-state index is 12.2. The van der Waals surface area contributed by atoms with E-state index in [-0.39, 0.29) is 12.4 Å². The summed E-state index contributed by atoms with van der Waals surface area (Å²) in [5.41, 5.74) is 5.34. The average Bonchev–Trinajstić information content (AvgIpc) is 2.13. The minimum absolute atomic E-state index is 0. The summed E-state index contributed by atoms with van der Waals surface area (Å²) in [4.78, 5) is 3.39. The Bertz CT molecular complexity index is 357. The van der Waals surface area contributed by atoms with E-state index in [0.717, 1.165) is 25.3 Å². The fourth-order valence-electron chi connectivity index (χ4n) is 1.70. The highest BCUT2D eigenvalue weighted by molar-refractivity contribution is 5.85. The first kappa shape index (κ1) is 13.3. The summed E-state index contributed by atoms with van der Waals surface area (Å²) < 4.78 is 36.7. The summed E-state index contributed by atoms with van der Waals surface area (Å²) in [5.74, 6) is 0. The van der Waals surface area contributed by atoms with Gasteiger partial charge in [-0.1, -0.05) is 6.07 Å². The van der Waals surface area contributed by atoms with E-state index in [0.29, 0.717) is 5.56 Å². The van der Waals surface area contributed by atoms with E-state index in [1.807, 2.05) is 0 Å². The second-order valence-electron chi connectivity index (χ2n) is 3.94. The molecule has 0 aliphatic heterocycles. The predicted molar refractivity (Wildman–Crippen MR) is 56.2 cm³/mol. The minimum atomic E-state index is -4.38. The van der Waals surface area contributed by atoms with Crippen LogP contribution in [0.1, 0.15) is 30.5 Å². The smallest absolute Gasteiger partial charge is 0.321 e. The van der Waals surface area contributed by atoms with Crippen molar-refractivity contribution in [1.82, 2.24) is 4.98 Å². The van der Waals surface area contributed by atoms with Crippen molar-refractivity contribution in [1.29, 1.82) is 0 Å². The van der Waals surface area contributed by atoms with Gasteiger partial charge in [0.25, 0.3) is 0 Å². The van der Waals surface area contributed by atoms with Crippen LogP contribution in [0.4, 0.5) is 13.2 Å². The van der Waals surface area contributed by atoms with E-state index >= 15 is 0 Å². The highest BCUT2D eigenvalue weighted by atomic mass is 35.5. The Morgan fingerprint density at radius 3 is 2.19 bits per heavy atom. The number of hydrogen-bond donors (Lipinski definition) is 1. The second kappa shape index (κ2) is 4.22. The molecule has 0 bridgehead atoms. The highest BCUT2D eigenvalue weighted by Gasteiger charge is 2.36. The number of nitrogens with two attached hydrogens (primary N) is 1. The topological polar surface area (TPSA) is 38.9 Å². The van der Waals surface area contributed by atoms with Crippen LogP contribution < -0.4 is 5.73 Å². The zero-order valence-electron chi connectivity index (χ0n) is 8.42. The lowest BCUT2D eigenvalue weighted by atomic mass is 9.73. The molecule has 16 heavy (non-hydrogen) atoms. The Hall–Kier alpha value is -0.810. The quantitative estimate of drug-likeness (QED) is 0.835. The van der Waals surface area contributed by atoms with Crippen LogP contribution in [0, 0.1) is 0 Å². The van der Waals surface area contributed by atoms with Crippen LogP contribution >= 0.6 is 12.4 Å². The molecule has 0 saturated heterocycles. The molecule has 1 heterocycles. The Labute approximate surface area is 97.5 Å². The zero-order chi connectivity index (χ0) is 11.1. The van der Waals surface area contributed by atoms with Crippen LogP contribution in [-0.4, -0.2) is 4.98 Å². The number of pyridine rings is 1. The van der Waals surface area contributed by atoms with Gasteiger partial charge in [0.2, 0.25) is 0 Å². The molecule has 0 spiro atoms. The molecule has 2 rings (SSSR count). The van der Waals surface area contributed by atoms with E-state index < -0.39 is 17.4 Å². The molecule has 1 aliphatic carbocycles. The maximum absolute atomic E-state index is 12.2. The Kier molecular flexibility index (Phi) is 3.50. The third-order valence-electron chi connectivity index (χ3n) is 2.87. The van der Waals surface area contributed by atoms with Crippen molar-refractivity contribution in [3.8, 4) is 0 Å². The van der Waals surface area contributed by atoms with Gasteiger partial charge in [-0.2, -0.15) is 13.2 Å². The van der Waals surface area contributed by atoms with Gasteiger partial charge in [-0.05, 0) is 30.9 Å². The zero-order valence-corrected chi connectivity index (χ0v) is 9.24. The standard InChI is InChI=1S/C10H11F3N2.ClH/c11-10(12,13)8-3-2-7(6-15-8)9(14)4-1-5-9;/h2-3,6H,1,4-5,14H2;1H.